The Morgan fingerprint density at radius 1 is 1.45 bits per heavy atom. The first-order chi connectivity index (χ1) is 9.61. The van der Waals surface area contributed by atoms with Crippen LogP contribution in [0.2, 0.25) is 0 Å². The van der Waals surface area contributed by atoms with Gasteiger partial charge in [0.2, 0.25) is 0 Å². The van der Waals surface area contributed by atoms with Gasteiger partial charge in [0, 0.05) is 11.6 Å². The molecule has 1 heterocycles. The van der Waals surface area contributed by atoms with Crippen molar-refractivity contribution in [2.24, 2.45) is 0 Å². The maximum Gasteiger partial charge on any atom is 0.344 e. The van der Waals surface area contributed by atoms with Crippen molar-refractivity contribution in [3.05, 3.63) is 39.4 Å². The molecule has 0 unspecified atom stereocenters. The summed E-state index contributed by atoms with van der Waals surface area (Å²) < 4.78 is 11.9. The molecule has 0 spiro atoms. The molecule has 0 saturated carbocycles. The molecule has 0 atom stereocenters. The smallest absolute Gasteiger partial charge is 0.344 e. The summed E-state index contributed by atoms with van der Waals surface area (Å²) in [7, 11) is 1.20. The standard InChI is InChI=1S/C13H15N2O5/c1-19-13(16)11-8-10(2-3-12(11)15(17)18)9-14-4-6-20-7-5-14/h2-3,8-9H,4-7H2,1H3/q+1. The molecule has 1 aromatic rings. The summed E-state index contributed by atoms with van der Waals surface area (Å²) in [5.74, 6) is -0.714. The van der Waals surface area contributed by atoms with Gasteiger partial charge in [0.15, 0.2) is 19.3 Å². The van der Waals surface area contributed by atoms with Crippen molar-refractivity contribution in [2.75, 3.05) is 33.4 Å². The Bertz CT molecular complexity index is 560. The molecule has 0 amide bonds. The van der Waals surface area contributed by atoms with Crippen LogP contribution in [0.5, 0.6) is 0 Å². The van der Waals surface area contributed by atoms with Crippen LogP contribution in [0.4, 0.5) is 5.69 Å². The third-order valence-electron chi connectivity index (χ3n) is 3.00. The molecule has 0 radical (unpaired) electrons. The third kappa shape index (κ3) is 3.18. The molecule has 0 N–H and O–H groups in total. The topological polar surface area (TPSA) is 81.7 Å². The number of nitro groups is 1. The van der Waals surface area contributed by atoms with E-state index >= 15 is 0 Å². The van der Waals surface area contributed by atoms with Crippen LogP contribution in [-0.2, 0) is 9.47 Å². The van der Waals surface area contributed by atoms with E-state index in [-0.39, 0.29) is 11.3 Å². The molecule has 0 aliphatic carbocycles. The fourth-order valence-corrected chi connectivity index (χ4v) is 1.98. The van der Waals surface area contributed by atoms with Crippen molar-refractivity contribution in [2.45, 2.75) is 0 Å². The molecule has 1 aromatic carbocycles. The minimum atomic E-state index is -0.714. The second-order valence-electron chi connectivity index (χ2n) is 4.30. The Morgan fingerprint density at radius 2 is 2.15 bits per heavy atom. The quantitative estimate of drug-likeness (QED) is 0.354. The average Bonchev–Trinajstić information content (AvgIpc) is 2.47. The van der Waals surface area contributed by atoms with Gasteiger partial charge in [-0.05, 0) is 12.1 Å². The van der Waals surface area contributed by atoms with E-state index in [1.54, 1.807) is 6.07 Å². The Morgan fingerprint density at radius 3 is 2.75 bits per heavy atom. The summed E-state index contributed by atoms with van der Waals surface area (Å²) in [6.45, 7) is 2.80. The fourth-order valence-electron chi connectivity index (χ4n) is 1.98. The van der Waals surface area contributed by atoms with Gasteiger partial charge >= 0.3 is 5.97 Å². The largest absolute Gasteiger partial charge is 0.465 e. The lowest BCUT2D eigenvalue weighted by molar-refractivity contribution is -0.544. The second-order valence-corrected chi connectivity index (χ2v) is 4.30. The van der Waals surface area contributed by atoms with E-state index in [0.717, 1.165) is 18.7 Å². The number of methoxy groups -OCH3 is 1. The molecule has 1 aliphatic heterocycles. The monoisotopic (exact) mass is 279 g/mol. The number of esters is 1. The normalized spacial score (nSPS) is 14.8. The first-order valence-corrected chi connectivity index (χ1v) is 6.15. The molecule has 1 aliphatic rings. The van der Waals surface area contributed by atoms with Crippen molar-refractivity contribution in [1.82, 2.24) is 0 Å². The number of morpholine rings is 1. The van der Waals surface area contributed by atoms with E-state index in [0.29, 0.717) is 13.2 Å². The minimum absolute atomic E-state index is 0.0421. The molecule has 7 heteroatoms. The van der Waals surface area contributed by atoms with Crippen molar-refractivity contribution in [3.63, 3.8) is 0 Å². The molecular formula is C13H15N2O5+. The minimum Gasteiger partial charge on any atom is -0.465 e. The first-order valence-electron chi connectivity index (χ1n) is 6.15. The number of nitrogens with zero attached hydrogens (tertiary/aromatic N) is 2. The van der Waals surface area contributed by atoms with Crippen molar-refractivity contribution < 1.29 is 23.8 Å². The summed E-state index contributed by atoms with van der Waals surface area (Å²) in [6, 6.07) is 4.40. The molecule has 1 saturated heterocycles. The third-order valence-corrected chi connectivity index (χ3v) is 3.00. The summed E-state index contributed by atoms with van der Waals surface area (Å²) in [6.07, 6.45) is 1.86. The van der Waals surface area contributed by atoms with Gasteiger partial charge in [-0.1, -0.05) is 0 Å². The van der Waals surface area contributed by atoms with Crippen LogP contribution in [0.3, 0.4) is 0 Å². The lowest BCUT2D eigenvalue weighted by atomic mass is 10.1. The molecule has 0 aromatic heterocycles. The number of nitro benzene ring substituents is 1. The summed E-state index contributed by atoms with van der Waals surface area (Å²) in [5.41, 5.74) is 0.424. The van der Waals surface area contributed by atoms with Crippen molar-refractivity contribution >= 4 is 17.9 Å². The van der Waals surface area contributed by atoms with Crippen LogP contribution >= 0.6 is 0 Å². The van der Waals surface area contributed by atoms with Gasteiger partial charge in [0.25, 0.3) is 5.69 Å². The Labute approximate surface area is 115 Å². The maximum absolute atomic E-state index is 11.6. The first kappa shape index (κ1) is 14.1. The zero-order chi connectivity index (χ0) is 14.5. The van der Waals surface area contributed by atoms with Gasteiger partial charge in [-0.2, -0.15) is 0 Å². The SMILES string of the molecule is COC(=O)c1cc(C=[N+]2CCOCC2)ccc1[N+](=O)[O-]. The average molecular weight is 279 g/mol. The van der Waals surface area contributed by atoms with E-state index in [4.69, 9.17) is 4.74 Å². The summed E-state index contributed by atoms with van der Waals surface area (Å²) in [4.78, 5) is 21.9. The zero-order valence-electron chi connectivity index (χ0n) is 11.1. The van der Waals surface area contributed by atoms with Gasteiger partial charge in [-0.25, -0.2) is 9.37 Å². The Kier molecular flexibility index (Phi) is 4.41. The van der Waals surface area contributed by atoms with Crippen LogP contribution in [0, 0.1) is 10.1 Å². The number of rotatable bonds is 3. The highest BCUT2D eigenvalue weighted by Crippen LogP contribution is 2.20. The molecule has 20 heavy (non-hydrogen) atoms. The highest BCUT2D eigenvalue weighted by molar-refractivity contribution is 5.95. The Balaban J connectivity index is 2.36. The number of hydrogen-bond donors (Lipinski definition) is 0. The number of carbonyl (C=O) groups excluding carboxylic acids is 1. The number of ether oxygens (including phenoxy) is 2. The van der Waals surface area contributed by atoms with E-state index in [1.165, 1.54) is 19.2 Å². The summed E-state index contributed by atoms with van der Waals surface area (Å²) in [5, 5.41) is 10.9. The molecule has 106 valence electrons. The molecule has 1 fully saturated rings. The maximum atomic E-state index is 11.6. The van der Waals surface area contributed by atoms with Gasteiger partial charge in [-0.3, -0.25) is 10.1 Å². The number of benzene rings is 1. The van der Waals surface area contributed by atoms with Crippen molar-refractivity contribution in [3.8, 4) is 0 Å². The molecular weight excluding hydrogens is 264 g/mol. The fraction of sp³-hybridized carbons (Fsp3) is 0.385. The van der Waals surface area contributed by atoms with Gasteiger partial charge in [0.05, 0.1) is 12.0 Å². The lowest BCUT2D eigenvalue weighted by Gasteiger charge is -2.10. The van der Waals surface area contributed by atoms with Crippen LogP contribution < -0.4 is 0 Å². The van der Waals surface area contributed by atoms with E-state index in [9.17, 15) is 14.9 Å². The summed E-state index contributed by atoms with van der Waals surface area (Å²) >= 11 is 0. The zero-order valence-corrected chi connectivity index (χ0v) is 11.1. The van der Waals surface area contributed by atoms with Crippen LogP contribution in [-0.4, -0.2) is 55.1 Å². The molecule has 0 bridgehead atoms. The number of carbonyl (C=O) groups is 1. The lowest BCUT2D eigenvalue weighted by Crippen LogP contribution is -2.29. The van der Waals surface area contributed by atoms with Crippen LogP contribution in [0.15, 0.2) is 18.2 Å². The highest BCUT2D eigenvalue weighted by Gasteiger charge is 2.22. The van der Waals surface area contributed by atoms with Gasteiger partial charge in [0.1, 0.15) is 18.8 Å². The molecule has 2 rings (SSSR count). The van der Waals surface area contributed by atoms with Gasteiger partial charge < -0.3 is 9.47 Å². The van der Waals surface area contributed by atoms with Crippen molar-refractivity contribution in [1.29, 1.82) is 0 Å². The predicted octanol–water partition coefficient (Wildman–Crippen LogP) is 0.843. The highest BCUT2D eigenvalue weighted by atomic mass is 16.6. The number of hydrogen-bond acceptors (Lipinski definition) is 5. The van der Waals surface area contributed by atoms with Gasteiger partial charge in [-0.15, -0.1) is 0 Å². The Hall–Kier alpha value is -2.28. The van der Waals surface area contributed by atoms with Crippen LogP contribution in [0.1, 0.15) is 15.9 Å². The molecule has 7 nitrogen and oxygen atoms in total. The second kappa shape index (κ2) is 6.25. The van der Waals surface area contributed by atoms with E-state index in [1.807, 2.05) is 10.8 Å². The predicted molar refractivity (Wildman–Crippen MR) is 70.4 cm³/mol. The van der Waals surface area contributed by atoms with E-state index in [2.05, 4.69) is 4.74 Å². The van der Waals surface area contributed by atoms with Crippen LogP contribution in [0.25, 0.3) is 0 Å². The van der Waals surface area contributed by atoms with E-state index < -0.39 is 10.9 Å².